The molecule has 0 spiro atoms. The number of likely N-dealkylation sites (tertiary alicyclic amines) is 1. The Labute approximate surface area is 260 Å². The van der Waals surface area contributed by atoms with Crippen molar-refractivity contribution in [1.29, 1.82) is 0 Å². The molecule has 0 radical (unpaired) electrons. The Morgan fingerprint density at radius 1 is 1.02 bits per heavy atom. The highest BCUT2D eigenvalue weighted by molar-refractivity contribution is 7.89. The monoisotopic (exact) mass is 638 g/mol. The highest BCUT2D eigenvalue weighted by Crippen LogP contribution is 2.65. The molecule has 6 atom stereocenters. The smallest absolute Gasteiger partial charge is 0.315 e. The number of fused-ring (bicyclic) bond motifs is 1. The molecule has 5 amide bonds. The first-order valence-corrected chi connectivity index (χ1v) is 17.4. The van der Waals surface area contributed by atoms with Gasteiger partial charge in [-0.1, -0.05) is 61.3 Å². The summed E-state index contributed by atoms with van der Waals surface area (Å²) in [5, 5.41) is 8.46. The van der Waals surface area contributed by atoms with Crippen LogP contribution in [-0.4, -0.2) is 96.7 Å². The van der Waals surface area contributed by atoms with Crippen LogP contribution in [0, 0.1) is 34.5 Å². The molecule has 4 fully saturated rings. The van der Waals surface area contributed by atoms with Gasteiger partial charge in [-0.05, 0) is 47.3 Å². The molecule has 1 unspecified atom stereocenters. The number of urea groups is 1. The Balaban J connectivity index is 1.50. The zero-order chi connectivity index (χ0) is 32.9. The van der Waals surface area contributed by atoms with E-state index in [4.69, 9.17) is 5.73 Å². The lowest BCUT2D eigenvalue weighted by Crippen LogP contribution is -2.62. The number of piperidine rings is 1. The Kier molecular flexibility index (Phi) is 9.48. The molecule has 2 saturated heterocycles. The van der Waals surface area contributed by atoms with Gasteiger partial charge in [0.1, 0.15) is 12.1 Å². The first-order valence-electron chi connectivity index (χ1n) is 15.7. The third-order valence-corrected chi connectivity index (χ3v) is 11.9. The third-order valence-electron chi connectivity index (χ3n) is 10.0. The zero-order valence-corrected chi connectivity index (χ0v) is 27.8. The molecule has 0 aromatic carbocycles. The van der Waals surface area contributed by atoms with Crippen molar-refractivity contribution in [3.63, 3.8) is 0 Å². The second-order valence-electron chi connectivity index (χ2n) is 15.2. The normalized spacial score (nSPS) is 27.6. The van der Waals surface area contributed by atoms with Gasteiger partial charge in [0, 0.05) is 25.7 Å². The zero-order valence-electron chi connectivity index (χ0n) is 27.0. The van der Waals surface area contributed by atoms with Crippen LogP contribution in [-0.2, 0) is 29.2 Å². The van der Waals surface area contributed by atoms with Crippen molar-refractivity contribution in [2.45, 2.75) is 98.3 Å². The summed E-state index contributed by atoms with van der Waals surface area (Å²) in [6.07, 6.45) is 2.70. The van der Waals surface area contributed by atoms with Gasteiger partial charge in [-0.2, -0.15) is 4.31 Å². The maximum absolute atomic E-state index is 14.2. The van der Waals surface area contributed by atoms with Gasteiger partial charge in [-0.3, -0.25) is 19.2 Å². The van der Waals surface area contributed by atoms with E-state index in [0.717, 1.165) is 12.8 Å². The van der Waals surface area contributed by atoms with Crippen molar-refractivity contribution in [3.8, 4) is 0 Å². The number of sulfonamides is 1. The number of rotatable bonds is 12. The van der Waals surface area contributed by atoms with E-state index in [2.05, 4.69) is 16.0 Å². The first-order chi connectivity index (χ1) is 20.3. The van der Waals surface area contributed by atoms with E-state index in [-0.39, 0.29) is 41.4 Å². The van der Waals surface area contributed by atoms with E-state index in [0.29, 0.717) is 25.9 Å². The molecule has 5 N–H and O–H groups in total. The predicted octanol–water partition coefficient (Wildman–Crippen LogP) is 0.583. The molecule has 4 aliphatic rings. The topological polar surface area (TPSA) is 188 Å². The minimum absolute atomic E-state index is 0.0677. The van der Waals surface area contributed by atoms with E-state index in [1.54, 1.807) is 0 Å². The molecule has 14 heteroatoms. The molecular weight excluding hydrogens is 588 g/mol. The molecule has 248 valence electrons. The molecule has 0 bridgehead atoms. The number of hydrogen-bond acceptors (Lipinski definition) is 7. The van der Waals surface area contributed by atoms with Crippen LogP contribution in [0.25, 0.3) is 0 Å². The molecule has 2 saturated carbocycles. The maximum Gasteiger partial charge on any atom is 0.315 e. The molecule has 2 heterocycles. The summed E-state index contributed by atoms with van der Waals surface area (Å²) in [4.78, 5) is 67.1. The average Bonchev–Trinajstić information content (AvgIpc) is 3.69. The molecule has 13 nitrogen and oxygen atoms in total. The Bertz CT molecular complexity index is 1290. The van der Waals surface area contributed by atoms with Crippen molar-refractivity contribution >= 4 is 39.6 Å². The van der Waals surface area contributed by atoms with Crippen LogP contribution < -0.4 is 21.7 Å². The summed E-state index contributed by atoms with van der Waals surface area (Å²) in [6, 6.07) is -4.00. The van der Waals surface area contributed by atoms with Crippen LogP contribution >= 0.6 is 0 Å². The van der Waals surface area contributed by atoms with Gasteiger partial charge in [-0.25, -0.2) is 13.2 Å². The second-order valence-corrected chi connectivity index (χ2v) is 17.2. The van der Waals surface area contributed by atoms with Gasteiger partial charge in [0.2, 0.25) is 27.6 Å². The van der Waals surface area contributed by atoms with Crippen molar-refractivity contribution in [1.82, 2.24) is 25.2 Å². The quantitative estimate of drug-likeness (QED) is 0.225. The van der Waals surface area contributed by atoms with Crippen molar-refractivity contribution < 1.29 is 32.4 Å². The van der Waals surface area contributed by atoms with Crippen molar-refractivity contribution in [2.24, 2.45) is 40.2 Å². The van der Waals surface area contributed by atoms with Crippen LogP contribution in [0.4, 0.5) is 4.79 Å². The fourth-order valence-electron chi connectivity index (χ4n) is 6.85. The minimum Gasteiger partial charge on any atom is -0.363 e. The maximum atomic E-state index is 14.2. The van der Waals surface area contributed by atoms with Crippen LogP contribution in [0.5, 0.6) is 0 Å². The van der Waals surface area contributed by atoms with Crippen molar-refractivity contribution in [2.75, 3.05) is 25.4 Å². The summed E-state index contributed by atoms with van der Waals surface area (Å²) in [5.74, 6) is -2.69. The summed E-state index contributed by atoms with van der Waals surface area (Å²) < 4.78 is 26.2. The SMILES string of the molecule is CC(C)[C@@H](CN1CCCS1(=O)=O)NC(=O)N[C@H](C(=O)N1C[C@H]2[C@@H]([C@H]1C(=O)NC(CC1CC1)C(=O)C(N)=O)C2(C)C)C(C)(C)C. The lowest BCUT2D eigenvalue weighted by molar-refractivity contribution is -0.145. The molecule has 44 heavy (non-hydrogen) atoms. The molecule has 4 rings (SSSR count). The number of carbonyl (C=O) groups is 5. The molecule has 2 aliphatic heterocycles. The third kappa shape index (κ3) is 7.21. The van der Waals surface area contributed by atoms with Crippen LogP contribution in [0.1, 0.15) is 74.1 Å². The Morgan fingerprint density at radius 2 is 1.66 bits per heavy atom. The standard InChI is InChI=1S/C30H50N6O7S/c1-16(2)20(15-35-11-8-12-44(35,42)43)33-28(41)34-24(29(3,4)5)27(40)36-14-18-21(30(18,6)7)22(36)26(39)32-19(13-17-9-10-17)23(37)25(31)38/h16-22,24H,8-15H2,1-7H3,(H2,31,38)(H,32,39)(H2,33,34,41)/t18-,19?,20+,21-,22-,24+/m0/s1. The largest absolute Gasteiger partial charge is 0.363 e. The van der Waals surface area contributed by atoms with Gasteiger partial charge in [0.05, 0.1) is 11.8 Å². The predicted molar refractivity (Wildman–Crippen MR) is 163 cm³/mol. The highest BCUT2D eigenvalue weighted by Gasteiger charge is 2.70. The fourth-order valence-corrected chi connectivity index (χ4v) is 8.40. The van der Waals surface area contributed by atoms with Gasteiger partial charge < -0.3 is 26.6 Å². The number of ketones is 1. The van der Waals surface area contributed by atoms with Crippen LogP contribution in [0.15, 0.2) is 0 Å². The average molecular weight is 639 g/mol. The van der Waals surface area contributed by atoms with Gasteiger partial charge in [-0.15, -0.1) is 0 Å². The summed E-state index contributed by atoms with van der Waals surface area (Å²) in [5.41, 5.74) is 4.35. The van der Waals surface area contributed by atoms with E-state index < -0.39 is 69.1 Å². The Hall–Kier alpha value is -2.74. The number of nitrogens with one attached hydrogen (secondary N) is 3. The van der Waals surface area contributed by atoms with E-state index in [1.807, 2.05) is 48.5 Å². The highest BCUT2D eigenvalue weighted by atomic mass is 32.2. The summed E-state index contributed by atoms with van der Waals surface area (Å²) in [7, 11) is -3.35. The Morgan fingerprint density at radius 3 is 2.16 bits per heavy atom. The molecule has 0 aromatic heterocycles. The van der Waals surface area contributed by atoms with Gasteiger partial charge in [0.15, 0.2) is 0 Å². The summed E-state index contributed by atoms with van der Waals surface area (Å²) in [6.45, 7) is 14.2. The second kappa shape index (κ2) is 12.2. The van der Waals surface area contributed by atoms with Crippen molar-refractivity contribution in [3.05, 3.63) is 0 Å². The number of amides is 5. The number of nitrogens with zero attached hydrogens (tertiary/aromatic N) is 2. The molecule has 2 aliphatic carbocycles. The van der Waals surface area contributed by atoms with E-state index in [1.165, 1.54) is 9.21 Å². The number of Topliss-reactive ketones (excluding diaryl/α,β-unsaturated/α-hetero) is 1. The fraction of sp³-hybridized carbons (Fsp3) is 0.833. The van der Waals surface area contributed by atoms with Gasteiger partial charge in [0.25, 0.3) is 5.91 Å². The lowest BCUT2D eigenvalue weighted by atomic mass is 9.85. The summed E-state index contributed by atoms with van der Waals surface area (Å²) >= 11 is 0. The van der Waals surface area contributed by atoms with Gasteiger partial charge >= 0.3 is 6.03 Å². The molecular formula is C30H50N6O7S. The van der Waals surface area contributed by atoms with E-state index in [9.17, 15) is 32.4 Å². The van der Waals surface area contributed by atoms with Crippen LogP contribution in [0.2, 0.25) is 0 Å². The number of carbonyl (C=O) groups excluding carboxylic acids is 5. The molecule has 0 aromatic rings. The van der Waals surface area contributed by atoms with Crippen LogP contribution in [0.3, 0.4) is 0 Å². The minimum atomic E-state index is -3.35. The lowest BCUT2D eigenvalue weighted by Gasteiger charge is -2.38. The van der Waals surface area contributed by atoms with E-state index >= 15 is 0 Å². The number of nitrogens with two attached hydrogens (primary N) is 1. The first kappa shape index (κ1) is 34.1. The number of primary amides is 1. The number of hydrogen-bond donors (Lipinski definition) is 4.